The quantitative estimate of drug-likeness (QED) is 0.474. The van der Waals surface area contributed by atoms with Crippen LogP contribution in [0.15, 0.2) is 35.1 Å². The molecule has 1 aromatic carbocycles. The van der Waals surface area contributed by atoms with E-state index in [2.05, 4.69) is 17.1 Å². The van der Waals surface area contributed by atoms with Crippen molar-refractivity contribution in [3.05, 3.63) is 46.2 Å². The zero-order chi connectivity index (χ0) is 23.4. The van der Waals surface area contributed by atoms with Crippen LogP contribution in [0.2, 0.25) is 0 Å². The molecule has 2 atom stereocenters. The van der Waals surface area contributed by atoms with E-state index >= 15 is 0 Å². The largest absolute Gasteiger partial charge is 0.349 e. The Morgan fingerprint density at radius 2 is 1.70 bits per heavy atom. The Balaban J connectivity index is 1.39. The van der Waals surface area contributed by atoms with Crippen LogP contribution < -0.4 is 10.9 Å². The maximum Gasteiger partial charge on any atom is 0.264 e. The van der Waals surface area contributed by atoms with E-state index in [4.69, 9.17) is 0 Å². The number of hydrogen-bond acceptors (Lipinski definition) is 3. The first-order chi connectivity index (χ1) is 16.0. The first kappa shape index (κ1) is 24.0. The lowest BCUT2D eigenvalue weighted by Gasteiger charge is -2.39. The molecule has 2 bridgehead atoms. The van der Waals surface area contributed by atoms with Crippen LogP contribution in [-0.4, -0.2) is 40.0 Å². The molecule has 3 heterocycles. The molecule has 4 rings (SSSR count). The van der Waals surface area contributed by atoms with Crippen molar-refractivity contribution in [3.8, 4) is 0 Å². The first-order valence-corrected chi connectivity index (χ1v) is 13.2. The van der Waals surface area contributed by atoms with Gasteiger partial charge >= 0.3 is 0 Å². The van der Waals surface area contributed by atoms with Gasteiger partial charge in [-0.3, -0.25) is 14.5 Å². The van der Waals surface area contributed by atoms with E-state index in [0.717, 1.165) is 23.7 Å². The number of carbonyl (C=O) groups excluding carboxylic acids is 1. The standard InChI is InChI=1S/C28H41N3O2/c1-4-5-6-7-8-11-16-30-23-14-15-24(30)19-22(18-23)29-27(32)25-17-21-12-9-10-13-26(21)31(20(2)3)28(25)33/h9-10,12-13,17,20,22-24H,4-8,11,14-16,18-19H2,1-3H3,(H,29,32)/t23-,24-/m1/s1. The summed E-state index contributed by atoms with van der Waals surface area (Å²) in [6, 6.07) is 10.9. The Morgan fingerprint density at radius 3 is 2.39 bits per heavy atom. The summed E-state index contributed by atoms with van der Waals surface area (Å²) in [7, 11) is 0. The molecule has 2 saturated heterocycles. The molecule has 0 radical (unpaired) electrons. The molecular weight excluding hydrogens is 410 g/mol. The highest BCUT2D eigenvalue weighted by Gasteiger charge is 2.40. The number of nitrogens with one attached hydrogen (secondary N) is 1. The van der Waals surface area contributed by atoms with Crippen molar-refractivity contribution in [3.63, 3.8) is 0 Å². The van der Waals surface area contributed by atoms with Gasteiger partial charge in [0, 0.05) is 24.2 Å². The van der Waals surface area contributed by atoms with E-state index in [1.807, 2.05) is 38.1 Å². The van der Waals surface area contributed by atoms with Crippen LogP contribution >= 0.6 is 0 Å². The van der Waals surface area contributed by atoms with Gasteiger partial charge in [0.15, 0.2) is 0 Å². The first-order valence-electron chi connectivity index (χ1n) is 13.2. The van der Waals surface area contributed by atoms with Crippen molar-refractivity contribution in [2.75, 3.05) is 6.54 Å². The average molecular weight is 452 g/mol. The summed E-state index contributed by atoms with van der Waals surface area (Å²) in [5.74, 6) is -0.214. The molecule has 2 aliphatic heterocycles. The monoisotopic (exact) mass is 451 g/mol. The number of piperidine rings is 1. The molecule has 180 valence electrons. The predicted molar refractivity (Wildman–Crippen MR) is 136 cm³/mol. The van der Waals surface area contributed by atoms with Gasteiger partial charge in [0.25, 0.3) is 11.5 Å². The van der Waals surface area contributed by atoms with E-state index in [9.17, 15) is 9.59 Å². The van der Waals surface area contributed by atoms with E-state index in [0.29, 0.717) is 12.1 Å². The van der Waals surface area contributed by atoms with Crippen molar-refractivity contribution >= 4 is 16.8 Å². The van der Waals surface area contributed by atoms with Crippen LogP contribution in [0.4, 0.5) is 0 Å². The lowest BCUT2D eigenvalue weighted by atomic mass is 9.96. The zero-order valence-electron chi connectivity index (χ0n) is 20.7. The molecule has 0 saturated carbocycles. The molecule has 5 nitrogen and oxygen atoms in total. The molecule has 0 unspecified atom stereocenters. The number of carbonyl (C=O) groups is 1. The predicted octanol–water partition coefficient (Wildman–Crippen LogP) is 5.67. The molecule has 1 amide bonds. The third kappa shape index (κ3) is 5.34. The van der Waals surface area contributed by atoms with Gasteiger partial charge in [-0.1, -0.05) is 57.2 Å². The van der Waals surface area contributed by atoms with Crippen molar-refractivity contribution in [1.82, 2.24) is 14.8 Å². The fraction of sp³-hybridized carbons (Fsp3) is 0.643. The van der Waals surface area contributed by atoms with Crippen LogP contribution in [0.1, 0.15) is 101 Å². The second-order valence-corrected chi connectivity index (χ2v) is 10.4. The van der Waals surface area contributed by atoms with Crippen molar-refractivity contribution < 1.29 is 4.79 Å². The van der Waals surface area contributed by atoms with Crippen molar-refractivity contribution in [2.24, 2.45) is 0 Å². The molecule has 1 N–H and O–H groups in total. The average Bonchev–Trinajstić information content (AvgIpc) is 3.03. The number of fused-ring (bicyclic) bond motifs is 3. The number of aromatic nitrogens is 1. The van der Waals surface area contributed by atoms with Gasteiger partial charge in [-0.2, -0.15) is 0 Å². The number of para-hydroxylation sites is 1. The minimum absolute atomic E-state index is 0.00351. The van der Waals surface area contributed by atoms with E-state index in [-0.39, 0.29) is 29.1 Å². The molecule has 2 aromatic rings. The van der Waals surface area contributed by atoms with Crippen LogP contribution in [0.25, 0.3) is 10.9 Å². The zero-order valence-corrected chi connectivity index (χ0v) is 20.7. The SMILES string of the molecule is CCCCCCCCN1[C@@H]2CC[C@@H]1CC(NC(=O)c1cc3ccccc3n(C(C)C)c1=O)C2. The highest BCUT2D eigenvalue weighted by Crippen LogP contribution is 2.36. The molecule has 0 aliphatic carbocycles. The molecule has 1 aromatic heterocycles. The highest BCUT2D eigenvalue weighted by atomic mass is 16.2. The summed E-state index contributed by atoms with van der Waals surface area (Å²) in [6.07, 6.45) is 12.5. The number of unbranched alkanes of at least 4 members (excludes halogenated alkanes) is 5. The molecule has 0 spiro atoms. The third-order valence-corrected chi connectivity index (χ3v) is 7.70. The van der Waals surface area contributed by atoms with E-state index < -0.39 is 0 Å². The Bertz CT molecular complexity index is 998. The van der Waals surface area contributed by atoms with Gasteiger partial charge in [0.1, 0.15) is 5.56 Å². The number of nitrogens with zero attached hydrogens (tertiary/aromatic N) is 2. The van der Waals surface area contributed by atoms with Gasteiger partial charge < -0.3 is 9.88 Å². The minimum Gasteiger partial charge on any atom is -0.349 e. The highest BCUT2D eigenvalue weighted by molar-refractivity contribution is 5.97. The van der Waals surface area contributed by atoms with Crippen molar-refractivity contribution in [1.29, 1.82) is 0 Å². The summed E-state index contributed by atoms with van der Waals surface area (Å²) in [5, 5.41) is 4.17. The lowest BCUT2D eigenvalue weighted by molar-refractivity contribution is 0.0839. The fourth-order valence-corrected chi connectivity index (χ4v) is 6.06. The van der Waals surface area contributed by atoms with Crippen LogP contribution in [0.5, 0.6) is 0 Å². The van der Waals surface area contributed by atoms with Gasteiger partial charge in [0.2, 0.25) is 0 Å². The Morgan fingerprint density at radius 1 is 1.03 bits per heavy atom. The topological polar surface area (TPSA) is 54.3 Å². The molecule has 2 fully saturated rings. The van der Waals surface area contributed by atoms with E-state index in [1.54, 1.807) is 10.6 Å². The Kier molecular flexibility index (Phi) is 7.90. The third-order valence-electron chi connectivity index (χ3n) is 7.70. The number of hydrogen-bond donors (Lipinski definition) is 1. The summed E-state index contributed by atoms with van der Waals surface area (Å²) in [6.45, 7) is 7.45. The molecule has 5 heteroatoms. The van der Waals surface area contributed by atoms with Gasteiger partial charge in [0.05, 0.1) is 5.52 Å². The van der Waals surface area contributed by atoms with E-state index in [1.165, 1.54) is 57.9 Å². The summed E-state index contributed by atoms with van der Waals surface area (Å²) in [4.78, 5) is 29.1. The second kappa shape index (κ2) is 10.9. The maximum absolute atomic E-state index is 13.2. The number of benzene rings is 1. The molecular formula is C28H41N3O2. The van der Waals surface area contributed by atoms with Gasteiger partial charge in [-0.05, 0) is 70.0 Å². The number of rotatable bonds is 10. The Labute approximate surface area is 198 Å². The van der Waals surface area contributed by atoms with Gasteiger partial charge in [-0.25, -0.2) is 0 Å². The lowest BCUT2D eigenvalue weighted by Crippen LogP contribution is -2.51. The van der Waals surface area contributed by atoms with Crippen LogP contribution in [-0.2, 0) is 0 Å². The van der Waals surface area contributed by atoms with Crippen LogP contribution in [0, 0.1) is 0 Å². The Hall–Kier alpha value is -2.14. The second-order valence-electron chi connectivity index (χ2n) is 10.4. The number of amides is 1. The fourth-order valence-electron chi connectivity index (χ4n) is 6.06. The summed E-state index contributed by atoms with van der Waals surface area (Å²) in [5.41, 5.74) is 0.962. The summed E-state index contributed by atoms with van der Waals surface area (Å²) >= 11 is 0. The van der Waals surface area contributed by atoms with Crippen molar-refractivity contribution in [2.45, 2.75) is 109 Å². The number of pyridine rings is 1. The smallest absolute Gasteiger partial charge is 0.264 e. The van der Waals surface area contributed by atoms with Crippen LogP contribution in [0.3, 0.4) is 0 Å². The summed E-state index contributed by atoms with van der Waals surface area (Å²) < 4.78 is 1.75. The molecule has 33 heavy (non-hydrogen) atoms. The maximum atomic E-state index is 13.2. The molecule has 2 aliphatic rings. The minimum atomic E-state index is -0.214. The van der Waals surface area contributed by atoms with Gasteiger partial charge in [-0.15, -0.1) is 0 Å². The normalized spacial score (nSPS) is 22.8.